The SMILES string of the molecule is CCOCCOc1c(N2CCN(S(=O)(=O)C[C@]34CCC(CC3O)C4(C)C)CC2)cnn(-c2ccccc2)c1=O. The van der Waals surface area contributed by atoms with Crippen LogP contribution in [0.2, 0.25) is 0 Å². The zero-order valence-electron chi connectivity index (χ0n) is 23.1. The maximum Gasteiger partial charge on any atom is 0.316 e. The molecule has 2 saturated carbocycles. The van der Waals surface area contributed by atoms with Crippen LogP contribution in [-0.4, -0.2) is 85.5 Å². The van der Waals surface area contributed by atoms with Crippen LogP contribution < -0.4 is 15.2 Å². The normalized spacial score (nSPS) is 26.7. The van der Waals surface area contributed by atoms with E-state index in [4.69, 9.17) is 9.47 Å². The predicted molar refractivity (Wildman–Crippen MR) is 149 cm³/mol. The van der Waals surface area contributed by atoms with Crippen molar-refractivity contribution in [1.29, 1.82) is 0 Å². The Kier molecular flexibility index (Phi) is 7.80. The number of aliphatic hydroxyl groups is 1. The third kappa shape index (κ3) is 4.98. The lowest BCUT2D eigenvalue weighted by molar-refractivity contribution is 0.0145. The van der Waals surface area contributed by atoms with Crippen LogP contribution in [0.1, 0.15) is 40.0 Å². The Morgan fingerprint density at radius 1 is 1.10 bits per heavy atom. The van der Waals surface area contributed by atoms with E-state index in [9.17, 15) is 18.3 Å². The fourth-order valence-electron chi connectivity index (χ4n) is 6.89. The molecule has 3 atom stereocenters. The van der Waals surface area contributed by atoms with Crippen LogP contribution >= 0.6 is 0 Å². The molecule has 3 aliphatic rings. The molecule has 3 fully saturated rings. The van der Waals surface area contributed by atoms with Crippen LogP contribution in [0, 0.1) is 16.7 Å². The summed E-state index contributed by atoms with van der Waals surface area (Å²) in [6.07, 6.45) is 3.44. The number of nitrogens with zero attached hydrogens (tertiary/aromatic N) is 4. The number of sulfonamides is 1. The van der Waals surface area contributed by atoms with Gasteiger partial charge in [0.15, 0.2) is 0 Å². The number of anilines is 1. The lowest BCUT2D eigenvalue weighted by atomic mass is 9.70. The Hall–Kier alpha value is -2.47. The molecule has 1 aromatic carbocycles. The van der Waals surface area contributed by atoms with E-state index in [2.05, 4.69) is 18.9 Å². The van der Waals surface area contributed by atoms with Gasteiger partial charge in [0.25, 0.3) is 0 Å². The summed E-state index contributed by atoms with van der Waals surface area (Å²) in [5, 5.41) is 15.3. The third-order valence-corrected chi connectivity index (χ3v) is 11.4. The molecular formula is C28H40N4O6S. The fourth-order valence-corrected chi connectivity index (χ4v) is 9.16. The molecule has 1 aromatic heterocycles. The maximum absolute atomic E-state index is 13.6. The minimum Gasteiger partial charge on any atom is -0.484 e. The summed E-state index contributed by atoms with van der Waals surface area (Å²) in [6, 6.07) is 9.15. The molecule has 5 rings (SSSR count). The van der Waals surface area contributed by atoms with Gasteiger partial charge in [-0.1, -0.05) is 32.0 Å². The van der Waals surface area contributed by atoms with Crippen molar-refractivity contribution in [2.24, 2.45) is 16.7 Å². The first-order chi connectivity index (χ1) is 18.6. The Bertz CT molecular complexity index is 1320. The number of piperazine rings is 1. The fraction of sp³-hybridized carbons (Fsp3) is 0.643. The minimum absolute atomic E-state index is 0.0227. The average molecular weight is 561 g/mol. The van der Waals surface area contributed by atoms with E-state index >= 15 is 0 Å². The molecular weight excluding hydrogens is 520 g/mol. The summed E-state index contributed by atoms with van der Waals surface area (Å²) in [7, 11) is -3.58. The van der Waals surface area contributed by atoms with Gasteiger partial charge in [-0.05, 0) is 49.7 Å². The first-order valence-electron chi connectivity index (χ1n) is 13.9. The molecule has 1 saturated heterocycles. The maximum atomic E-state index is 13.6. The van der Waals surface area contributed by atoms with Gasteiger partial charge in [-0.3, -0.25) is 4.79 Å². The van der Waals surface area contributed by atoms with Crippen molar-refractivity contribution in [3.05, 3.63) is 46.9 Å². The number of hydrogen-bond acceptors (Lipinski definition) is 8. The highest BCUT2D eigenvalue weighted by atomic mass is 32.2. The molecule has 0 radical (unpaired) electrons. The van der Waals surface area contributed by atoms with Crippen LogP contribution in [0.15, 0.2) is 41.3 Å². The van der Waals surface area contributed by atoms with Gasteiger partial charge < -0.3 is 19.5 Å². The van der Waals surface area contributed by atoms with Crippen molar-refractivity contribution in [3.8, 4) is 11.4 Å². The van der Waals surface area contributed by atoms with E-state index in [1.165, 1.54) is 4.68 Å². The molecule has 2 aliphatic carbocycles. The molecule has 10 nitrogen and oxygen atoms in total. The standard InChI is InChI=1S/C28H40N4O6S/c1-4-37-16-17-38-25-23(19-29-32(26(25)34)22-8-6-5-7-9-22)30-12-14-31(15-13-30)39(35,36)20-28-11-10-21(18-24(28)33)27(28,2)3/h5-9,19,21,24,33H,4,10-18,20H2,1-3H3/t21?,24?,28-/m1/s1. The lowest BCUT2D eigenvalue weighted by Gasteiger charge is -2.42. The van der Waals surface area contributed by atoms with Gasteiger partial charge in [-0.25, -0.2) is 8.42 Å². The highest BCUT2D eigenvalue weighted by Gasteiger charge is 2.65. The van der Waals surface area contributed by atoms with Gasteiger partial charge in [0.05, 0.1) is 30.3 Å². The zero-order valence-corrected chi connectivity index (χ0v) is 23.9. The summed E-state index contributed by atoms with van der Waals surface area (Å²) in [4.78, 5) is 15.4. The number of aliphatic hydroxyl groups excluding tert-OH is 1. The van der Waals surface area contributed by atoms with E-state index in [1.807, 2.05) is 30.0 Å². The minimum atomic E-state index is -3.58. The molecule has 214 valence electrons. The van der Waals surface area contributed by atoms with Gasteiger partial charge in [0.2, 0.25) is 15.8 Å². The van der Waals surface area contributed by atoms with E-state index in [0.717, 1.165) is 12.8 Å². The number of para-hydroxylation sites is 1. The van der Waals surface area contributed by atoms with E-state index in [-0.39, 0.29) is 29.1 Å². The molecule has 0 spiro atoms. The van der Waals surface area contributed by atoms with Crippen LogP contribution in [0.25, 0.3) is 5.69 Å². The number of fused-ring (bicyclic) bond motifs is 2. The monoisotopic (exact) mass is 560 g/mol. The number of ether oxygens (including phenoxy) is 2. The Morgan fingerprint density at radius 2 is 1.82 bits per heavy atom. The van der Waals surface area contributed by atoms with Crippen molar-refractivity contribution >= 4 is 15.7 Å². The van der Waals surface area contributed by atoms with E-state index < -0.39 is 21.5 Å². The second kappa shape index (κ2) is 10.8. The van der Waals surface area contributed by atoms with Crippen molar-refractivity contribution in [2.45, 2.75) is 46.1 Å². The molecule has 1 aliphatic heterocycles. The Morgan fingerprint density at radius 3 is 2.44 bits per heavy atom. The highest BCUT2D eigenvalue weighted by molar-refractivity contribution is 7.89. The second-order valence-corrected chi connectivity index (χ2v) is 13.4. The van der Waals surface area contributed by atoms with Gasteiger partial charge >= 0.3 is 5.56 Å². The first-order valence-corrected chi connectivity index (χ1v) is 15.5. The zero-order chi connectivity index (χ0) is 27.8. The van der Waals surface area contributed by atoms with E-state index in [1.54, 1.807) is 22.6 Å². The van der Waals surface area contributed by atoms with Crippen molar-refractivity contribution < 1.29 is 23.0 Å². The first kappa shape index (κ1) is 28.1. The smallest absolute Gasteiger partial charge is 0.316 e. The summed E-state index contributed by atoms with van der Waals surface area (Å²) in [5.41, 5.74) is -0.00198. The lowest BCUT2D eigenvalue weighted by Crippen LogP contribution is -2.53. The molecule has 2 unspecified atom stereocenters. The van der Waals surface area contributed by atoms with Gasteiger partial charge in [-0.2, -0.15) is 14.1 Å². The summed E-state index contributed by atoms with van der Waals surface area (Å²) in [6.45, 7) is 8.62. The van der Waals surface area contributed by atoms with Crippen molar-refractivity contribution in [1.82, 2.24) is 14.1 Å². The molecule has 1 N–H and O–H groups in total. The molecule has 0 amide bonds. The highest BCUT2D eigenvalue weighted by Crippen LogP contribution is 2.66. The van der Waals surface area contributed by atoms with Gasteiger partial charge in [0.1, 0.15) is 12.3 Å². The molecule has 2 heterocycles. The van der Waals surface area contributed by atoms with E-state index in [0.29, 0.717) is 63.1 Å². The Balaban J connectivity index is 1.34. The molecule has 2 bridgehead atoms. The number of aromatic nitrogens is 2. The van der Waals surface area contributed by atoms with Gasteiger partial charge in [-0.15, -0.1) is 0 Å². The van der Waals surface area contributed by atoms with Crippen LogP contribution in [0.5, 0.6) is 5.75 Å². The third-order valence-electron chi connectivity index (χ3n) is 9.39. The summed E-state index contributed by atoms with van der Waals surface area (Å²) in [5.74, 6) is 0.522. The molecule has 2 aromatic rings. The van der Waals surface area contributed by atoms with Crippen LogP contribution in [-0.2, 0) is 14.8 Å². The van der Waals surface area contributed by atoms with Crippen molar-refractivity contribution in [2.75, 3.05) is 56.7 Å². The molecule has 39 heavy (non-hydrogen) atoms. The Labute approximate surface area is 230 Å². The summed E-state index contributed by atoms with van der Waals surface area (Å²) < 4.78 is 41.4. The molecule has 11 heteroatoms. The van der Waals surface area contributed by atoms with Crippen LogP contribution in [0.3, 0.4) is 0 Å². The number of hydrogen-bond donors (Lipinski definition) is 1. The second-order valence-electron chi connectivity index (χ2n) is 11.5. The topological polar surface area (TPSA) is 114 Å². The van der Waals surface area contributed by atoms with Crippen molar-refractivity contribution in [3.63, 3.8) is 0 Å². The number of rotatable bonds is 10. The van der Waals surface area contributed by atoms with Crippen LogP contribution in [0.4, 0.5) is 5.69 Å². The average Bonchev–Trinajstić information content (AvgIpc) is 3.26. The number of benzene rings is 1. The predicted octanol–water partition coefficient (Wildman–Crippen LogP) is 2.29. The van der Waals surface area contributed by atoms with Gasteiger partial charge in [0, 0.05) is 38.2 Å². The summed E-state index contributed by atoms with van der Waals surface area (Å²) >= 11 is 0. The quantitative estimate of drug-likeness (QED) is 0.441. The largest absolute Gasteiger partial charge is 0.484 e.